The predicted octanol–water partition coefficient (Wildman–Crippen LogP) is 2.44. The van der Waals surface area contributed by atoms with E-state index in [1.807, 2.05) is 35.2 Å². The van der Waals surface area contributed by atoms with Gasteiger partial charge in [0.05, 0.1) is 11.5 Å². The largest absolute Gasteiger partial charge is 0.368 e. The summed E-state index contributed by atoms with van der Waals surface area (Å²) in [6.45, 7) is 1.76. The molecule has 0 spiro atoms. The number of piperidine rings is 1. The first-order chi connectivity index (χ1) is 12.2. The smallest absolute Gasteiger partial charge is 0.232 e. The van der Waals surface area contributed by atoms with Crippen LogP contribution in [-0.4, -0.2) is 44.6 Å². The Kier molecular flexibility index (Phi) is 6.05. The molecular formula is C17H22N6OS. The molecule has 1 saturated heterocycles. The lowest BCUT2D eigenvalue weighted by molar-refractivity contribution is -0.129. The summed E-state index contributed by atoms with van der Waals surface area (Å²) in [6, 6.07) is 9.64. The number of hydrogen-bond acceptors (Lipinski definition) is 7. The van der Waals surface area contributed by atoms with Crippen LogP contribution in [0, 0.1) is 0 Å². The molecule has 8 heteroatoms. The van der Waals surface area contributed by atoms with E-state index in [0.29, 0.717) is 23.3 Å². The van der Waals surface area contributed by atoms with Crippen LogP contribution in [0.3, 0.4) is 0 Å². The number of hydrogen-bond donors (Lipinski definition) is 2. The van der Waals surface area contributed by atoms with Crippen molar-refractivity contribution in [3.63, 3.8) is 0 Å². The number of carbonyl (C=O) groups is 1. The minimum absolute atomic E-state index is 0.173. The number of thioether (sulfide) groups is 1. The van der Waals surface area contributed by atoms with Crippen molar-refractivity contribution in [3.05, 3.63) is 36.2 Å². The molecule has 7 nitrogen and oxygen atoms in total. The lowest BCUT2D eigenvalue weighted by atomic mass is 10.1. The minimum Gasteiger partial charge on any atom is -0.368 e. The Morgan fingerprint density at radius 1 is 1.12 bits per heavy atom. The fourth-order valence-electron chi connectivity index (χ4n) is 2.67. The highest BCUT2D eigenvalue weighted by molar-refractivity contribution is 7.99. The molecule has 0 atom stereocenters. The van der Waals surface area contributed by atoms with Gasteiger partial charge < -0.3 is 16.0 Å². The maximum absolute atomic E-state index is 12.2. The van der Waals surface area contributed by atoms with Gasteiger partial charge in [-0.2, -0.15) is 15.0 Å². The number of rotatable bonds is 6. The number of benzene rings is 1. The van der Waals surface area contributed by atoms with Crippen LogP contribution in [0.5, 0.6) is 0 Å². The Morgan fingerprint density at radius 2 is 1.88 bits per heavy atom. The van der Waals surface area contributed by atoms with Crippen LogP contribution in [0.4, 0.5) is 17.6 Å². The van der Waals surface area contributed by atoms with Crippen molar-refractivity contribution in [3.8, 4) is 0 Å². The van der Waals surface area contributed by atoms with E-state index in [4.69, 9.17) is 5.73 Å². The van der Waals surface area contributed by atoms with Crippen molar-refractivity contribution in [2.45, 2.75) is 25.0 Å². The van der Waals surface area contributed by atoms with E-state index in [1.54, 1.807) is 0 Å². The van der Waals surface area contributed by atoms with Crippen LogP contribution in [0.15, 0.2) is 30.3 Å². The van der Waals surface area contributed by atoms with Gasteiger partial charge in [-0.15, -0.1) is 11.8 Å². The highest BCUT2D eigenvalue weighted by Crippen LogP contribution is 2.16. The van der Waals surface area contributed by atoms with Gasteiger partial charge in [0.25, 0.3) is 0 Å². The molecule has 0 radical (unpaired) electrons. The van der Waals surface area contributed by atoms with Crippen LogP contribution in [0.2, 0.25) is 0 Å². The average Bonchev–Trinajstić information content (AvgIpc) is 2.63. The summed E-state index contributed by atoms with van der Waals surface area (Å²) >= 11 is 1.50. The molecule has 2 heterocycles. The molecule has 1 amide bonds. The molecule has 1 aliphatic heterocycles. The average molecular weight is 358 g/mol. The van der Waals surface area contributed by atoms with Crippen molar-refractivity contribution in [1.82, 2.24) is 19.9 Å². The van der Waals surface area contributed by atoms with E-state index < -0.39 is 0 Å². The molecule has 0 saturated carbocycles. The number of carbonyl (C=O) groups excluding carboxylic acids is 1. The second-order valence-electron chi connectivity index (χ2n) is 5.86. The SMILES string of the molecule is Nc1nc(CSCC(=O)N2CCCCC2)nc(Nc2ccccc2)n1. The number of nitrogens with two attached hydrogens (primary N) is 1. The van der Waals surface area contributed by atoms with Crippen LogP contribution < -0.4 is 11.1 Å². The molecule has 0 bridgehead atoms. The van der Waals surface area contributed by atoms with Gasteiger partial charge in [-0.05, 0) is 31.4 Å². The summed E-state index contributed by atoms with van der Waals surface area (Å²) in [4.78, 5) is 26.8. The summed E-state index contributed by atoms with van der Waals surface area (Å²) in [5, 5.41) is 3.11. The summed E-state index contributed by atoms with van der Waals surface area (Å²) < 4.78 is 0. The first kappa shape index (κ1) is 17.5. The van der Waals surface area contributed by atoms with E-state index >= 15 is 0 Å². The van der Waals surface area contributed by atoms with Crippen molar-refractivity contribution >= 4 is 35.3 Å². The molecule has 3 N–H and O–H groups in total. The topological polar surface area (TPSA) is 97.0 Å². The lowest BCUT2D eigenvalue weighted by Gasteiger charge is -2.26. The Morgan fingerprint density at radius 3 is 2.64 bits per heavy atom. The molecule has 132 valence electrons. The summed E-state index contributed by atoms with van der Waals surface area (Å²) in [5.74, 6) is 2.31. The first-order valence-electron chi connectivity index (χ1n) is 8.39. The number of amides is 1. The Hall–Kier alpha value is -2.35. The van der Waals surface area contributed by atoms with Crippen LogP contribution in [-0.2, 0) is 10.5 Å². The van der Waals surface area contributed by atoms with Gasteiger partial charge in [0, 0.05) is 18.8 Å². The van der Waals surface area contributed by atoms with Gasteiger partial charge in [-0.3, -0.25) is 4.79 Å². The molecule has 3 rings (SSSR count). The molecule has 1 aliphatic rings. The van der Waals surface area contributed by atoms with Crippen LogP contribution in [0.25, 0.3) is 0 Å². The minimum atomic E-state index is 0.173. The fraction of sp³-hybridized carbons (Fsp3) is 0.412. The van der Waals surface area contributed by atoms with E-state index in [1.165, 1.54) is 18.2 Å². The lowest BCUT2D eigenvalue weighted by Crippen LogP contribution is -2.36. The molecule has 1 fully saturated rings. The van der Waals surface area contributed by atoms with E-state index in [-0.39, 0.29) is 11.9 Å². The fourth-order valence-corrected chi connectivity index (χ4v) is 3.44. The molecule has 0 unspecified atom stereocenters. The van der Waals surface area contributed by atoms with Gasteiger partial charge >= 0.3 is 0 Å². The second kappa shape index (κ2) is 8.66. The third kappa shape index (κ3) is 5.32. The van der Waals surface area contributed by atoms with Crippen LogP contribution >= 0.6 is 11.8 Å². The monoisotopic (exact) mass is 358 g/mol. The number of para-hydroxylation sites is 1. The standard InChI is InChI=1S/C17H22N6OS/c18-16-20-14(11-25-12-15(24)23-9-5-2-6-10-23)21-17(22-16)19-13-7-3-1-4-8-13/h1,3-4,7-8H,2,5-6,9-12H2,(H3,18,19,20,21,22). The highest BCUT2D eigenvalue weighted by atomic mass is 32.2. The number of anilines is 3. The van der Waals surface area contributed by atoms with E-state index in [2.05, 4.69) is 20.3 Å². The first-order valence-corrected chi connectivity index (χ1v) is 9.54. The zero-order valence-electron chi connectivity index (χ0n) is 14.0. The summed E-state index contributed by atoms with van der Waals surface area (Å²) in [7, 11) is 0. The zero-order chi connectivity index (χ0) is 17.5. The maximum atomic E-state index is 12.2. The Labute approximate surface area is 151 Å². The third-order valence-corrected chi connectivity index (χ3v) is 4.81. The number of likely N-dealkylation sites (tertiary alicyclic amines) is 1. The quantitative estimate of drug-likeness (QED) is 0.818. The molecule has 1 aromatic carbocycles. The molecule has 2 aromatic rings. The van der Waals surface area contributed by atoms with Crippen molar-refractivity contribution in [2.24, 2.45) is 0 Å². The van der Waals surface area contributed by atoms with Crippen molar-refractivity contribution in [1.29, 1.82) is 0 Å². The number of aromatic nitrogens is 3. The number of nitrogen functional groups attached to an aromatic ring is 1. The number of nitrogens with zero attached hydrogens (tertiary/aromatic N) is 4. The van der Waals surface area contributed by atoms with E-state index in [9.17, 15) is 4.79 Å². The van der Waals surface area contributed by atoms with Crippen molar-refractivity contribution in [2.75, 3.05) is 29.9 Å². The van der Waals surface area contributed by atoms with Crippen LogP contribution in [0.1, 0.15) is 25.1 Å². The highest BCUT2D eigenvalue weighted by Gasteiger charge is 2.16. The Bertz CT molecular complexity index is 706. The summed E-state index contributed by atoms with van der Waals surface area (Å²) in [6.07, 6.45) is 3.43. The van der Waals surface area contributed by atoms with Gasteiger partial charge in [-0.25, -0.2) is 0 Å². The third-order valence-electron chi connectivity index (χ3n) is 3.89. The predicted molar refractivity (Wildman–Crippen MR) is 101 cm³/mol. The zero-order valence-corrected chi connectivity index (χ0v) is 14.8. The second-order valence-corrected chi connectivity index (χ2v) is 6.84. The maximum Gasteiger partial charge on any atom is 0.232 e. The molecular weight excluding hydrogens is 336 g/mol. The van der Waals surface area contributed by atoms with Gasteiger partial charge in [0.1, 0.15) is 5.82 Å². The molecule has 0 aliphatic carbocycles. The van der Waals surface area contributed by atoms with Gasteiger partial charge in [0.15, 0.2) is 0 Å². The molecule has 1 aromatic heterocycles. The van der Waals surface area contributed by atoms with Crippen molar-refractivity contribution < 1.29 is 4.79 Å². The summed E-state index contributed by atoms with van der Waals surface area (Å²) in [5.41, 5.74) is 6.66. The van der Waals surface area contributed by atoms with Gasteiger partial charge in [-0.1, -0.05) is 18.2 Å². The van der Waals surface area contributed by atoms with E-state index in [0.717, 1.165) is 31.6 Å². The number of nitrogens with one attached hydrogen (secondary N) is 1. The van der Waals surface area contributed by atoms with Gasteiger partial charge in [0.2, 0.25) is 17.8 Å². The normalized spacial score (nSPS) is 14.3. The molecule has 25 heavy (non-hydrogen) atoms. The Balaban J connectivity index is 1.54.